The highest BCUT2D eigenvalue weighted by Gasteiger charge is 2.35. The van der Waals surface area contributed by atoms with Crippen molar-refractivity contribution in [2.24, 2.45) is 0 Å². The number of carbonyl (C=O) groups is 1. The normalized spacial score (nSPS) is 16.1. The zero-order valence-corrected chi connectivity index (χ0v) is 11.1. The van der Waals surface area contributed by atoms with Gasteiger partial charge in [-0.1, -0.05) is 6.08 Å². The maximum atomic E-state index is 13.1. The summed E-state index contributed by atoms with van der Waals surface area (Å²) in [7, 11) is 0. The highest BCUT2D eigenvalue weighted by atomic mass is 32.1. The average Bonchev–Trinajstić information content (AvgIpc) is 2.40. The molecule has 7 heteroatoms. The monoisotopic (exact) mass is 305 g/mol. The number of benzene rings is 1. The van der Waals surface area contributed by atoms with Crippen molar-refractivity contribution in [2.75, 3.05) is 13.1 Å². The molecule has 0 spiro atoms. The molecule has 2 nitrogen and oxygen atoms in total. The van der Waals surface area contributed by atoms with E-state index in [4.69, 9.17) is 0 Å². The van der Waals surface area contributed by atoms with E-state index in [1.54, 1.807) is 0 Å². The summed E-state index contributed by atoms with van der Waals surface area (Å²) in [6.07, 6.45) is -3.57. The van der Waals surface area contributed by atoms with Gasteiger partial charge in [0.2, 0.25) is 0 Å². The molecule has 0 aromatic heterocycles. The van der Waals surface area contributed by atoms with Gasteiger partial charge in [-0.3, -0.25) is 4.79 Å². The molecule has 1 aliphatic heterocycles. The van der Waals surface area contributed by atoms with Crippen LogP contribution >= 0.6 is 12.6 Å². The average molecular weight is 305 g/mol. The Morgan fingerprint density at radius 1 is 1.30 bits per heavy atom. The van der Waals surface area contributed by atoms with Crippen LogP contribution in [0.1, 0.15) is 16.8 Å². The number of amides is 1. The lowest BCUT2D eigenvalue weighted by atomic mass is 10.1. The standard InChI is InChI=1S/C13H11F4NOS/c14-10-2-1-8(7-11(10)20)12(19)18-5-3-9(4-6-18)13(15,16)17/h1-3,7,20H,4-6H2. The summed E-state index contributed by atoms with van der Waals surface area (Å²) in [5.74, 6) is -0.986. The summed E-state index contributed by atoms with van der Waals surface area (Å²) in [5, 5.41) is 0. The third-order valence-corrected chi connectivity index (χ3v) is 3.40. The van der Waals surface area contributed by atoms with Crippen LogP contribution in [0, 0.1) is 5.82 Å². The molecule has 0 unspecified atom stereocenters. The molecule has 1 aliphatic rings. The number of thiol groups is 1. The van der Waals surface area contributed by atoms with Gasteiger partial charge in [0.05, 0.1) is 0 Å². The van der Waals surface area contributed by atoms with E-state index in [1.807, 2.05) is 0 Å². The summed E-state index contributed by atoms with van der Waals surface area (Å²) in [5.41, 5.74) is -0.407. The minimum absolute atomic E-state index is 0.0105. The van der Waals surface area contributed by atoms with Crippen molar-refractivity contribution in [3.8, 4) is 0 Å². The minimum Gasteiger partial charge on any atom is -0.335 e. The second-order valence-corrected chi connectivity index (χ2v) is 4.88. The van der Waals surface area contributed by atoms with Crippen molar-refractivity contribution in [2.45, 2.75) is 17.5 Å². The maximum Gasteiger partial charge on any atom is 0.412 e. The molecule has 1 aromatic rings. The Morgan fingerprint density at radius 2 is 2.00 bits per heavy atom. The van der Waals surface area contributed by atoms with Crippen LogP contribution in [-0.4, -0.2) is 30.1 Å². The lowest BCUT2D eigenvalue weighted by Gasteiger charge is -2.27. The number of nitrogens with zero attached hydrogens (tertiary/aromatic N) is 1. The minimum atomic E-state index is -4.34. The summed E-state index contributed by atoms with van der Waals surface area (Å²) in [4.78, 5) is 13.4. The van der Waals surface area contributed by atoms with Crippen molar-refractivity contribution < 1.29 is 22.4 Å². The Hall–Kier alpha value is -1.50. The topological polar surface area (TPSA) is 20.3 Å². The molecule has 0 atom stereocenters. The van der Waals surface area contributed by atoms with Crippen LogP contribution < -0.4 is 0 Å². The second kappa shape index (κ2) is 5.47. The summed E-state index contributed by atoms with van der Waals surface area (Å²) >= 11 is 3.87. The van der Waals surface area contributed by atoms with Crippen molar-refractivity contribution >= 4 is 18.5 Å². The third kappa shape index (κ3) is 3.15. The van der Waals surface area contributed by atoms with Crippen molar-refractivity contribution in [3.05, 3.63) is 41.2 Å². The van der Waals surface area contributed by atoms with E-state index in [0.29, 0.717) is 0 Å². The number of rotatable bonds is 1. The van der Waals surface area contributed by atoms with E-state index in [9.17, 15) is 22.4 Å². The van der Waals surface area contributed by atoms with Crippen LogP contribution in [0.4, 0.5) is 17.6 Å². The molecule has 0 N–H and O–H groups in total. The quantitative estimate of drug-likeness (QED) is 0.479. The Balaban J connectivity index is 2.12. The van der Waals surface area contributed by atoms with Crippen molar-refractivity contribution in [1.29, 1.82) is 0 Å². The van der Waals surface area contributed by atoms with Gasteiger partial charge in [0, 0.05) is 29.1 Å². The molecule has 0 saturated heterocycles. The summed E-state index contributed by atoms with van der Waals surface area (Å²) in [6.45, 7) is -0.115. The zero-order chi connectivity index (χ0) is 14.9. The Labute approximate surface area is 118 Å². The predicted molar refractivity (Wildman–Crippen MR) is 68.3 cm³/mol. The molecular formula is C13H11F4NOS. The van der Waals surface area contributed by atoms with Gasteiger partial charge in [-0.2, -0.15) is 13.2 Å². The first kappa shape index (κ1) is 14.9. The molecule has 0 bridgehead atoms. The second-order valence-electron chi connectivity index (χ2n) is 4.39. The fourth-order valence-corrected chi connectivity index (χ4v) is 2.15. The first-order valence-electron chi connectivity index (χ1n) is 5.83. The third-order valence-electron chi connectivity index (χ3n) is 3.05. The highest BCUT2D eigenvalue weighted by molar-refractivity contribution is 7.80. The molecule has 1 aromatic carbocycles. The van der Waals surface area contributed by atoms with Gasteiger partial charge in [-0.05, 0) is 24.6 Å². The van der Waals surface area contributed by atoms with Gasteiger partial charge in [0.25, 0.3) is 5.91 Å². The molecule has 0 aliphatic carbocycles. The molecule has 1 heterocycles. The van der Waals surface area contributed by atoms with Crippen LogP contribution in [0.5, 0.6) is 0 Å². The smallest absolute Gasteiger partial charge is 0.335 e. The van der Waals surface area contributed by atoms with Crippen LogP contribution in [0.15, 0.2) is 34.7 Å². The van der Waals surface area contributed by atoms with Gasteiger partial charge < -0.3 is 4.90 Å². The Kier molecular flexibility index (Phi) is 4.08. The van der Waals surface area contributed by atoms with E-state index >= 15 is 0 Å². The van der Waals surface area contributed by atoms with Crippen molar-refractivity contribution in [3.63, 3.8) is 0 Å². The fourth-order valence-electron chi connectivity index (χ4n) is 1.94. The van der Waals surface area contributed by atoms with Gasteiger partial charge in [-0.15, -0.1) is 12.6 Å². The molecule has 108 valence electrons. The SMILES string of the molecule is O=C(c1ccc(F)c(S)c1)N1CC=C(C(F)(F)F)CC1. The van der Waals surface area contributed by atoms with E-state index in [-0.39, 0.29) is 30.0 Å². The molecular weight excluding hydrogens is 294 g/mol. The maximum absolute atomic E-state index is 13.1. The number of halogens is 4. The van der Waals surface area contributed by atoms with Gasteiger partial charge >= 0.3 is 6.18 Å². The van der Waals surface area contributed by atoms with E-state index in [0.717, 1.165) is 12.1 Å². The molecule has 0 radical (unpaired) electrons. The molecule has 1 amide bonds. The van der Waals surface area contributed by atoms with Crippen LogP contribution in [0.3, 0.4) is 0 Å². The van der Waals surface area contributed by atoms with Crippen LogP contribution in [0.2, 0.25) is 0 Å². The highest BCUT2D eigenvalue weighted by Crippen LogP contribution is 2.30. The molecule has 2 rings (SSSR count). The van der Waals surface area contributed by atoms with E-state index < -0.39 is 23.5 Å². The van der Waals surface area contributed by atoms with Gasteiger partial charge in [0.1, 0.15) is 5.82 Å². The molecule has 0 saturated carbocycles. The largest absolute Gasteiger partial charge is 0.412 e. The van der Waals surface area contributed by atoms with Gasteiger partial charge in [-0.25, -0.2) is 4.39 Å². The first-order valence-corrected chi connectivity index (χ1v) is 6.28. The van der Waals surface area contributed by atoms with Gasteiger partial charge in [0.15, 0.2) is 0 Å². The molecule has 0 fully saturated rings. The summed E-state index contributed by atoms with van der Waals surface area (Å²) in [6, 6.07) is 3.67. The fraction of sp³-hybridized carbons (Fsp3) is 0.308. The zero-order valence-electron chi connectivity index (χ0n) is 10.2. The number of alkyl halides is 3. The molecule has 20 heavy (non-hydrogen) atoms. The summed E-state index contributed by atoms with van der Waals surface area (Å²) < 4.78 is 50.4. The number of hydrogen-bond donors (Lipinski definition) is 1. The number of carbonyl (C=O) groups excluding carboxylic acids is 1. The van der Waals surface area contributed by atoms with Crippen LogP contribution in [0.25, 0.3) is 0 Å². The Morgan fingerprint density at radius 3 is 2.50 bits per heavy atom. The van der Waals surface area contributed by atoms with Crippen molar-refractivity contribution in [1.82, 2.24) is 4.90 Å². The lowest BCUT2D eigenvalue weighted by Crippen LogP contribution is -2.36. The van der Waals surface area contributed by atoms with Crippen LogP contribution in [-0.2, 0) is 0 Å². The van der Waals surface area contributed by atoms with E-state index in [2.05, 4.69) is 12.6 Å². The number of hydrogen-bond acceptors (Lipinski definition) is 2. The predicted octanol–water partition coefficient (Wildman–Crippen LogP) is 3.45. The Bertz CT molecular complexity index is 568. The van der Waals surface area contributed by atoms with E-state index in [1.165, 1.54) is 17.0 Å². The lowest BCUT2D eigenvalue weighted by molar-refractivity contribution is -0.0957. The first-order chi connectivity index (χ1) is 9.29.